The Bertz CT molecular complexity index is 527. The van der Waals surface area contributed by atoms with Gasteiger partial charge in [0.15, 0.2) is 0 Å². The molecule has 0 aromatic carbocycles. The number of hydrogen-bond acceptors (Lipinski definition) is 2. The van der Waals surface area contributed by atoms with Crippen LogP contribution in [0.2, 0.25) is 0 Å². The first-order valence-corrected chi connectivity index (χ1v) is 13.7. The summed E-state index contributed by atoms with van der Waals surface area (Å²) in [6, 6.07) is 0. The van der Waals surface area contributed by atoms with Crippen LogP contribution in [0.15, 0.2) is 0 Å². The Hall–Kier alpha value is -0.660. The fourth-order valence-corrected chi connectivity index (χ4v) is 7.36. The minimum Gasteiger partial charge on any atom is -0.299 e. The van der Waals surface area contributed by atoms with Gasteiger partial charge in [-0.25, -0.2) is 0 Å². The molecule has 0 bridgehead atoms. The molecular weight excluding hydrogens is 368 g/mol. The van der Waals surface area contributed by atoms with E-state index in [0.29, 0.717) is 35.2 Å². The zero-order valence-electron chi connectivity index (χ0n) is 20.0. The summed E-state index contributed by atoms with van der Waals surface area (Å²) in [5, 5.41) is 0. The van der Waals surface area contributed by atoms with Crippen LogP contribution in [0.25, 0.3) is 0 Å². The normalized spacial score (nSPS) is 31.1. The molecule has 30 heavy (non-hydrogen) atoms. The topological polar surface area (TPSA) is 34.1 Å². The van der Waals surface area contributed by atoms with Crippen LogP contribution in [0, 0.1) is 35.5 Å². The van der Waals surface area contributed by atoms with Crippen LogP contribution in [-0.4, -0.2) is 11.6 Å². The monoisotopic (exact) mass is 416 g/mol. The van der Waals surface area contributed by atoms with Crippen LogP contribution in [-0.2, 0) is 9.59 Å². The summed E-state index contributed by atoms with van der Waals surface area (Å²) >= 11 is 0. The van der Waals surface area contributed by atoms with Gasteiger partial charge in [-0.3, -0.25) is 9.59 Å². The number of carbonyl (C=O) groups is 2. The summed E-state index contributed by atoms with van der Waals surface area (Å²) in [6.45, 7) is 4.62. The van der Waals surface area contributed by atoms with E-state index in [9.17, 15) is 9.59 Å². The summed E-state index contributed by atoms with van der Waals surface area (Å²) < 4.78 is 0. The molecule has 4 fully saturated rings. The van der Waals surface area contributed by atoms with E-state index in [0.717, 1.165) is 37.5 Å². The molecule has 0 N–H and O–H groups in total. The van der Waals surface area contributed by atoms with Gasteiger partial charge in [0, 0.05) is 24.7 Å². The van der Waals surface area contributed by atoms with Gasteiger partial charge < -0.3 is 0 Å². The molecule has 4 saturated carbocycles. The maximum atomic E-state index is 12.0. The van der Waals surface area contributed by atoms with Gasteiger partial charge in [0.05, 0.1) is 0 Å². The molecule has 2 nitrogen and oxygen atoms in total. The predicted molar refractivity (Wildman–Crippen MR) is 125 cm³/mol. The molecule has 0 aromatic rings. The first kappa shape index (κ1) is 24.0. The molecule has 4 rings (SSSR count). The van der Waals surface area contributed by atoms with Crippen molar-refractivity contribution in [2.45, 2.75) is 129 Å². The standard InChI is InChI=1S/C15H26O.C13H22O/c1-2-13(12-8-4-3-5-9-12)14-10-6-7-11-15(14)16;1-10(11-6-3-2-4-7-11)12-8-5-9-13(12)14/h12-14H,2-11H2,1H3;10-12H,2-9H2,1H3. The first-order chi connectivity index (χ1) is 14.6. The molecule has 4 aliphatic rings. The lowest BCUT2D eigenvalue weighted by molar-refractivity contribution is -0.127. The molecule has 0 saturated heterocycles. The Morgan fingerprint density at radius 3 is 1.67 bits per heavy atom. The summed E-state index contributed by atoms with van der Waals surface area (Å²) in [5.41, 5.74) is 0. The smallest absolute Gasteiger partial charge is 0.136 e. The van der Waals surface area contributed by atoms with Crippen molar-refractivity contribution in [1.29, 1.82) is 0 Å². The molecule has 0 radical (unpaired) electrons. The Morgan fingerprint density at radius 2 is 1.13 bits per heavy atom. The van der Waals surface area contributed by atoms with Crippen molar-refractivity contribution in [2.24, 2.45) is 35.5 Å². The molecule has 0 spiro atoms. The van der Waals surface area contributed by atoms with Gasteiger partial charge in [0.25, 0.3) is 0 Å². The van der Waals surface area contributed by atoms with Crippen LogP contribution in [0.4, 0.5) is 0 Å². The molecule has 2 heteroatoms. The van der Waals surface area contributed by atoms with Gasteiger partial charge in [0.2, 0.25) is 0 Å². The van der Waals surface area contributed by atoms with E-state index >= 15 is 0 Å². The number of hydrogen-bond donors (Lipinski definition) is 0. The Kier molecular flexibility index (Phi) is 9.91. The lowest BCUT2D eigenvalue weighted by Gasteiger charge is -2.36. The average molecular weight is 417 g/mol. The second-order valence-corrected chi connectivity index (χ2v) is 11.0. The van der Waals surface area contributed by atoms with Crippen molar-refractivity contribution >= 4 is 11.6 Å². The highest BCUT2D eigenvalue weighted by Gasteiger charge is 2.35. The third kappa shape index (κ3) is 6.42. The van der Waals surface area contributed by atoms with Crippen molar-refractivity contribution in [3.8, 4) is 0 Å². The Morgan fingerprint density at radius 1 is 0.633 bits per heavy atom. The summed E-state index contributed by atoms with van der Waals surface area (Å²) in [7, 11) is 0. The molecule has 4 aliphatic carbocycles. The van der Waals surface area contributed by atoms with Crippen LogP contribution in [0.1, 0.15) is 129 Å². The van der Waals surface area contributed by atoms with Crippen LogP contribution >= 0.6 is 0 Å². The summed E-state index contributed by atoms with van der Waals surface area (Å²) in [6.07, 6.45) is 22.9. The average Bonchev–Trinajstić information content (AvgIpc) is 3.23. The first-order valence-electron chi connectivity index (χ1n) is 13.7. The van der Waals surface area contributed by atoms with E-state index in [1.807, 2.05) is 0 Å². The maximum Gasteiger partial charge on any atom is 0.136 e. The van der Waals surface area contributed by atoms with E-state index in [2.05, 4.69) is 13.8 Å². The zero-order valence-corrected chi connectivity index (χ0v) is 20.0. The highest BCUT2D eigenvalue weighted by atomic mass is 16.1. The van der Waals surface area contributed by atoms with Crippen molar-refractivity contribution in [3.05, 3.63) is 0 Å². The second kappa shape index (κ2) is 12.4. The van der Waals surface area contributed by atoms with E-state index < -0.39 is 0 Å². The molecule has 0 heterocycles. The predicted octanol–water partition coefficient (Wildman–Crippen LogP) is 7.92. The molecule has 172 valence electrons. The van der Waals surface area contributed by atoms with Crippen molar-refractivity contribution in [3.63, 3.8) is 0 Å². The molecule has 4 atom stereocenters. The quantitative estimate of drug-likeness (QED) is 0.456. The zero-order chi connectivity index (χ0) is 21.3. The van der Waals surface area contributed by atoms with E-state index in [4.69, 9.17) is 0 Å². The van der Waals surface area contributed by atoms with Crippen molar-refractivity contribution in [2.75, 3.05) is 0 Å². The third-order valence-electron chi connectivity index (χ3n) is 9.23. The third-order valence-corrected chi connectivity index (χ3v) is 9.23. The van der Waals surface area contributed by atoms with E-state index in [-0.39, 0.29) is 0 Å². The van der Waals surface area contributed by atoms with Gasteiger partial charge in [-0.15, -0.1) is 0 Å². The van der Waals surface area contributed by atoms with Crippen LogP contribution in [0.5, 0.6) is 0 Å². The van der Waals surface area contributed by atoms with E-state index in [1.54, 1.807) is 0 Å². The minimum atomic E-state index is 0.429. The van der Waals surface area contributed by atoms with Gasteiger partial charge in [-0.1, -0.05) is 90.9 Å². The lowest BCUT2D eigenvalue weighted by Crippen LogP contribution is -2.32. The van der Waals surface area contributed by atoms with Crippen LogP contribution in [0.3, 0.4) is 0 Å². The largest absolute Gasteiger partial charge is 0.299 e. The number of rotatable bonds is 5. The fourth-order valence-electron chi connectivity index (χ4n) is 7.36. The van der Waals surface area contributed by atoms with Gasteiger partial charge in [-0.2, -0.15) is 0 Å². The molecule has 4 unspecified atom stereocenters. The second-order valence-electron chi connectivity index (χ2n) is 11.0. The number of carbonyl (C=O) groups excluding carboxylic acids is 2. The minimum absolute atomic E-state index is 0.429. The molecular formula is C28H48O2. The summed E-state index contributed by atoms with van der Waals surface area (Å²) in [5.74, 6) is 5.12. The lowest BCUT2D eigenvalue weighted by atomic mass is 9.68. The molecule has 0 aliphatic heterocycles. The highest BCUT2D eigenvalue weighted by molar-refractivity contribution is 5.83. The Balaban J connectivity index is 0.000000172. The highest BCUT2D eigenvalue weighted by Crippen LogP contribution is 2.40. The van der Waals surface area contributed by atoms with Crippen molar-refractivity contribution < 1.29 is 9.59 Å². The van der Waals surface area contributed by atoms with Gasteiger partial charge in [-0.05, 0) is 49.4 Å². The van der Waals surface area contributed by atoms with Gasteiger partial charge >= 0.3 is 0 Å². The maximum absolute atomic E-state index is 12.0. The Labute approximate surface area is 186 Å². The van der Waals surface area contributed by atoms with Crippen LogP contribution < -0.4 is 0 Å². The fraction of sp³-hybridized carbons (Fsp3) is 0.929. The number of ketones is 2. The summed E-state index contributed by atoms with van der Waals surface area (Å²) in [4.78, 5) is 23.7. The molecule has 0 aromatic heterocycles. The van der Waals surface area contributed by atoms with Crippen molar-refractivity contribution in [1.82, 2.24) is 0 Å². The number of Topliss-reactive ketones (excluding diaryl/α,β-unsaturated/α-hetero) is 2. The SMILES string of the molecule is CC(C1CCCCC1)C1CCCC1=O.CCC(C1CCCCC1)C1CCCCC1=O. The molecule has 0 amide bonds. The van der Waals surface area contributed by atoms with E-state index in [1.165, 1.54) is 89.9 Å². The van der Waals surface area contributed by atoms with Gasteiger partial charge in [0.1, 0.15) is 11.6 Å².